The largest absolute Gasteiger partial charge is 0.341 e. The van der Waals surface area contributed by atoms with E-state index >= 15 is 0 Å². The number of aryl methyl sites for hydroxylation is 1. The maximum atomic E-state index is 12.0. The van der Waals surface area contributed by atoms with E-state index in [0.29, 0.717) is 6.42 Å². The van der Waals surface area contributed by atoms with Gasteiger partial charge in [-0.1, -0.05) is 12.8 Å². The molecule has 1 aliphatic carbocycles. The van der Waals surface area contributed by atoms with Crippen LogP contribution in [-0.2, 0) is 6.42 Å². The summed E-state index contributed by atoms with van der Waals surface area (Å²) in [6, 6.07) is 0. The Kier molecular flexibility index (Phi) is 3.76. The fourth-order valence-corrected chi connectivity index (χ4v) is 2.97. The van der Waals surface area contributed by atoms with Gasteiger partial charge in [-0.25, -0.2) is 9.97 Å². The molecule has 1 aromatic rings. The zero-order chi connectivity index (χ0) is 13.1. The number of hydrogen-bond acceptors (Lipinski definition) is 4. The van der Waals surface area contributed by atoms with Crippen LogP contribution in [0.15, 0.2) is 6.20 Å². The molecule has 1 aliphatic heterocycles. The first kappa shape index (κ1) is 12.6. The van der Waals surface area contributed by atoms with Crippen LogP contribution in [0, 0.1) is 0 Å². The van der Waals surface area contributed by atoms with E-state index in [2.05, 4.69) is 14.9 Å². The van der Waals surface area contributed by atoms with Crippen LogP contribution in [0.1, 0.15) is 61.0 Å². The number of fused-ring (bicyclic) bond motifs is 1. The first-order chi connectivity index (χ1) is 9.34. The van der Waals surface area contributed by atoms with Crippen molar-refractivity contribution in [2.75, 3.05) is 18.0 Å². The lowest BCUT2D eigenvalue weighted by molar-refractivity contribution is 0.0981. The molecule has 0 atom stereocenters. The lowest BCUT2D eigenvalue weighted by Gasteiger charge is -2.20. The molecule has 4 nitrogen and oxygen atoms in total. The number of ketones is 1. The standard InChI is InChI=1S/C15H21N3O/c19-14-8-4-3-7-13-12(14)11-16-15(17-13)18-9-5-1-2-6-10-18/h11H,1-10H2. The molecular formula is C15H21N3O. The number of aromatic nitrogens is 2. The second-order valence-electron chi connectivity index (χ2n) is 5.56. The summed E-state index contributed by atoms with van der Waals surface area (Å²) < 4.78 is 0. The van der Waals surface area contributed by atoms with Crippen molar-refractivity contribution in [3.05, 3.63) is 17.5 Å². The van der Waals surface area contributed by atoms with Crippen LogP contribution in [0.4, 0.5) is 5.95 Å². The number of rotatable bonds is 1. The average Bonchev–Trinajstić information content (AvgIpc) is 2.80. The summed E-state index contributed by atoms with van der Waals surface area (Å²) in [5.41, 5.74) is 1.73. The molecule has 0 spiro atoms. The Morgan fingerprint density at radius 3 is 2.47 bits per heavy atom. The molecular weight excluding hydrogens is 238 g/mol. The summed E-state index contributed by atoms with van der Waals surface area (Å²) in [5, 5.41) is 0. The summed E-state index contributed by atoms with van der Waals surface area (Å²) in [4.78, 5) is 23.4. The predicted molar refractivity (Wildman–Crippen MR) is 74.6 cm³/mol. The molecule has 0 saturated carbocycles. The van der Waals surface area contributed by atoms with Crippen molar-refractivity contribution in [2.45, 2.75) is 51.4 Å². The van der Waals surface area contributed by atoms with E-state index in [1.54, 1.807) is 6.20 Å². The molecule has 1 fully saturated rings. The van der Waals surface area contributed by atoms with Gasteiger partial charge in [0.05, 0.1) is 11.3 Å². The van der Waals surface area contributed by atoms with Crippen molar-refractivity contribution in [1.82, 2.24) is 9.97 Å². The summed E-state index contributed by atoms with van der Waals surface area (Å²) in [6.45, 7) is 2.10. The SMILES string of the molecule is O=C1CCCCc2nc(N3CCCCCC3)ncc21. The van der Waals surface area contributed by atoms with Gasteiger partial charge in [0.2, 0.25) is 5.95 Å². The van der Waals surface area contributed by atoms with Crippen LogP contribution in [-0.4, -0.2) is 28.8 Å². The van der Waals surface area contributed by atoms with Gasteiger partial charge in [-0.15, -0.1) is 0 Å². The van der Waals surface area contributed by atoms with E-state index < -0.39 is 0 Å². The van der Waals surface area contributed by atoms with E-state index in [1.807, 2.05) is 0 Å². The van der Waals surface area contributed by atoms with E-state index in [9.17, 15) is 4.79 Å². The maximum Gasteiger partial charge on any atom is 0.225 e. The van der Waals surface area contributed by atoms with E-state index in [-0.39, 0.29) is 5.78 Å². The molecule has 1 aromatic heterocycles. The fraction of sp³-hybridized carbons (Fsp3) is 0.667. The van der Waals surface area contributed by atoms with Crippen LogP contribution in [0.5, 0.6) is 0 Å². The van der Waals surface area contributed by atoms with Gasteiger partial charge in [0.1, 0.15) is 0 Å². The third kappa shape index (κ3) is 2.77. The number of Topliss-reactive ketones (excluding diaryl/α,β-unsaturated/α-hetero) is 1. The molecule has 102 valence electrons. The smallest absolute Gasteiger partial charge is 0.225 e. The van der Waals surface area contributed by atoms with Gasteiger partial charge in [0.25, 0.3) is 0 Å². The average molecular weight is 259 g/mol. The Hall–Kier alpha value is -1.45. The highest BCUT2D eigenvalue weighted by Crippen LogP contribution is 2.22. The quantitative estimate of drug-likeness (QED) is 0.728. The molecule has 4 heteroatoms. The van der Waals surface area contributed by atoms with E-state index in [0.717, 1.165) is 49.6 Å². The van der Waals surface area contributed by atoms with Crippen molar-refractivity contribution >= 4 is 11.7 Å². The first-order valence-electron chi connectivity index (χ1n) is 7.48. The fourth-order valence-electron chi connectivity index (χ4n) is 2.97. The predicted octanol–water partition coefficient (Wildman–Crippen LogP) is 2.77. The van der Waals surface area contributed by atoms with Crippen molar-refractivity contribution < 1.29 is 4.79 Å². The maximum absolute atomic E-state index is 12.0. The number of nitrogens with zero attached hydrogens (tertiary/aromatic N) is 3. The van der Waals surface area contributed by atoms with Gasteiger partial charge in [0, 0.05) is 25.7 Å². The minimum absolute atomic E-state index is 0.218. The summed E-state index contributed by atoms with van der Waals surface area (Å²) >= 11 is 0. The second-order valence-corrected chi connectivity index (χ2v) is 5.56. The van der Waals surface area contributed by atoms with Gasteiger partial charge in [-0.2, -0.15) is 0 Å². The number of hydrogen-bond donors (Lipinski definition) is 0. The molecule has 1 saturated heterocycles. The Morgan fingerprint density at radius 2 is 1.68 bits per heavy atom. The highest BCUT2D eigenvalue weighted by atomic mass is 16.1. The van der Waals surface area contributed by atoms with Gasteiger partial charge in [0.15, 0.2) is 5.78 Å². The molecule has 0 aromatic carbocycles. The Bertz CT molecular complexity index is 464. The van der Waals surface area contributed by atoms with Crippen molar-refractivity contribution in [1.29, 1.82) is 0 Å². The van der Waals surface area contributed by atoms with E-state index in [4.69, 9.17) is 0 Å². The summed E-state index contributed by atoms with van der Waals surface area (Å²) in [6.07, 6.45) is 10.4. The number of anilines is 1. The minimum atomic E-state index is 0.218. The summed E-state index contributed by atoms with van der Waals surface area (Å²) in [5.74, 6) is 1.05. The van der Waals surface area contributed by atoms with Gasteiger partial charge in [-0.3, -0.25) is 4.79 Å². The first-order valence-corrected chi connectivity index (χ1v) is 7.48. The Balaban J connectivity index is 1.87. The number of carbonyl (C=O) groups is 1. The third-order valence-electron chi connectivity index (χ3n) is 4.11. The summed E-state index contributed by atoms with van der Waals surface area (Å²) in [7, 11) is 0. The highest BCUT2D eigenvalue weighted by molar-refractivity contribution is 5.97. The molecule has 0 amide bonds. The monoisotopic (exact) mass is 259 g/mol. The lowest BCUT2D eigenvalue weighted by Crippen LogP contribution is -2.26. The number of carbonyl (C=O) groups excluding carboxylic acids is 1. The van der Waals surface area contributed by atoms with Gasteiger partial charge >= 0.3 is 0 Å². The highest BCUT2D eigenvalue weighted by Gasteiger charge is 2.20. The molecule has 2 aliphatic rings. The van der Waals surface area contributed by atoms with Crippen LogP contribution in [0.3, 0.4) is 0 Å². The Morgan fingerprint density at radius 1 is 0.947 bits per heavy atom. The van der Waals surface area contributed by atoms with Crippen molar-refractivity contribution in [3.63, 3.8) is 0 Å². The van der Waals surface area contributed by atoms with E-state index in [1.165, 1.54) is 25.7 Å². The molecule has 3 rings (SSSR count). The third-order valence-corrected chi connectivity index (χ3v) is 4.11. The van der Waals surface area contributed by atoms with Gasteiger partial charge < -0.3 is 4.90 Å². The molecule has 19 heavy (non-hydrogen) atoms. The molecule has 0 bridgehead atoms. The zero-order valence-corrected chi connectivity index (χ0v) is 11.4. The van der Waals surface area contributed by atoms with Crippen molar-refractivity contribution in [2.24, 2.45) is 0 Å². The molecule has 2 heterocycles. The van der Waals surface area contributed by atoms with Crippen LogP contribution in [0.2, 0.25) is 0 Å². The van der Waals surface area contributed by atoms with Crippen LogP contribution in [0.25, 0.3) is 0 Å². The van der Waals surface area contributed by atoms with Crippen molar-refractivity contribution in [3.8, 4) is 0 Å². The second kappa shape index (κ2) is 5.68. The minimum Gasteiger partial charge on any atom is -0.341 e. The molecule has 0 unspecified atom stereocenters. The van der Waals surface area contributed by atoms with Gasteiger partial charge in [-0.05, 0) is 32.1 Å². The molecule has 0 radical (unpaired) electrons. The zero-order valence-electron chi connectivity index (χ0n) is 11.4. The van der Waals surface area contributed by atoms with Crippen LogP contribution < -0.4 is 4.90 Å². The normalized spacial score (nSPS) is 20.6. The Labute approximate surface area is 114 Å². The van der Waals surface area contributed by atoms with Crippen LogP contribution >= 0.6 is 0 Å². The lowest BCUT2D eigenvalue weighted by atomic mass is 10.1. The molecule has 0 N–H and O–H groups in total. The topological polar surface area (TPSA) is 46.1 Å².